The average molecular weight is 414 g/mol. The summed E-state index contributed by atoms with van der Waals surface area (Å²) in [6.07, 6.45) is 0.580. The van der Waals surface area contributed by atoms with Gasteiger partial charge in [-0.05, 0) is 23.3 Å². The number of benzene rings is 2. The lowest BCUT2D eigenvalue weighted by Crippen LogP contribution is -3.00. The number of quaternary nitrogens is 1. The van der Waals surface area contributed by atoms with E-state index in [0.29, 0.717) is 17.0 Å². The molecule has 0 unspecified atom stereocenters. The molecule has 0 aliphatic heterocycles. The molecule has 138 valence electrons. The highest BCUT2D eigenvalue weighted by atomic mass is 35.5. The van der Waals surface area contributed by atoms with Crippen LogP contribution < -0.4 is 18.1 Å². The summed E-state index contributed by atoms with van der Waals surface area (Å²) in [5.74, 6) is -0.0519. The molecule has 0 bridgehead atoms. The highest BCUT2D eigenvalue weighted by Crippen LogP contribution is 2.20. The van der Waals surface area contributed by atoms with E-state index in [1.807, 2.05) is 30.3 Å². The molecular weight excluding hydrogens is 397 g/mol. The van der Waals surface area contributed by atoms with Crippen LogP contribution in [0.15, 0.2) is 64.2 Å². The van der Waals surface area contributed by atoms with E-state index >= 15 is 0 Å². The monoisotopic (exact) mass is 413 g/mol. The second-order valence-electron chi connectivity index (χ2n) is 5.68. The first-order valence-electron chi connectivity index (χ1n) is 7.61. The fourth-order valence-electron chi connectivity index (χ4n) is 2.40. The van der Waals surface area contributed by atoms with Gasteiger partial charge in [0.2, 0.25) is 9.84 Å². The summed E-state index contributed by atoms with van der Waals surface area (Å²) in [5.41, 5.74) is 5.60. The number of hydrogen-bond acceptors (Lipinski definition) is 5. The molecule has 0 radical (unpaired) electrons. The third-order valence-corrected chi connectivity index (χ3v) is 5.25. The summed E-state index contributed by atoms with van der Waals surface area (Å²) in [7, 11) is -3.74. The number of sulfone groups is 1. The van der Waals surface area contributed by atoms with Crippen LogP contribution in [-0.4, -0.2) is 18.6 Å². The van der Waals surface area contributed by atoms with Crippen molar-refractivity contribution in [3.05, 3.63) is 76.6 Å². The second kappa shape index (κ2) is 8.64. The number of nitrogens with zero attached hydrogens (tertiary/aromatic N) is 2. The molecule has 26 heavy (non-hydrogen) atoms. The van der Waals surface area contributed by atoms with Crippen LogP contribution >= 0.6 is 11.6 Å². The number of halogens is 2. The van der Waals surface area contributed by atoms with Crippen molar-refractivity contribution in [2.24, 2.45) is 0 Å². The van der Waals surface area contributed by atoms with Crippen molar-refractivity contribution in [3.8, 4) is 0 Å². The van der Waals surface area contributed by atoms with Gasteiger partial charge >= 0.3 is 5.22 Å². The first kappa shape index (κ1) is 20.4. The molecule has 0 saturated carbocycles. The summed E-state index contributed by atoms with van der Waals surface area (Å²) in [5, 5.41) is 7.62. The Hall–Kier alpha value is -1.93. The zero-order valence-corrected chi connectivity index (χ0v) is 16.0. The van der Waals surface area contributed by atoms with E-state index in [2.05, 4.69) is 15.9 Å². The van der Waals surface area contributed by atoms with Crippen molar-refractivity contribution < 1.29 is 31.0 Å². The van der Waals surface area contributed by atoms with Crippen LogP contribution in [-0.2, 0) is 22.0 Å². The normalized spacial score (nSPS) is 12.4. The molecule has 1 atom stereocenters. The largest absolute Gasteiger partial charge is 1.00 e. The molecule has 0 aliphatic carbocycles. The van der Waals surface area contributed by atoms with Gasteiger partial charge in [-0.3, -0.25) is 0 Å². The van der Waals surface area contributed by atoms with Crippen LogP contribution in [0.3, 0.4) is 0 Å². The third kappa shape index (κ3) is 5.04. The van der Waals surface area contributed by atoms with E-state index in [4.69, 9.17) is 16.0 Å². The van der Waals surface area contributed by atoms with E-state index < -0.39 is 15.1 Å². The van der Waals surface area contributed by atoms with Crippen molar-refractivity contribution in [1.29, 1.82) is 0 Å². The Morgan fingerprint density at radius 2 is 1.73 bits per heavy atom. The summed E-state index contributed by atoms with van der Waals surface area (Å²) in [4.78, 5) is 0. The van der Waals surface area contributed by atoms with E-state index in [0.717, 1.165) is 5.56 Å². The quantitative estimate of drug-likeness (QED) is 0.571. The maximum Gasteiger partial charge on any atom is 0.336 e. The first-order valence-corrected chi connectivity index (χ1v) is 9.65. The maximum absolute atomic E-state index is 12.4. The van der Waals surface area contributed by atoms with Gasteiger partial charge in [0.25, 0.3) is 5.89 Å². The first-order chi connectivity index (χ1) is 11.9. The van der Waals surface area contributed by atoms with Crippen molar-refractivity contribution in [2.45, 2.75) is 23.4 Å². The summed E-state index contributed by atoms with van der Waals surface area (Å²) >= 11 is 5.89. The summed E-state index contributed by atoms with van der Waals surface area (Å²) < 4.78 is 30.3. The minimum Gasteiger partial charge on any atom is -1.00 e. The molecular formula is C17H17Cl2N3O3S. The Morgan fingerprint density at radius 1 is 1.04 bits per heavy atom. The Bertz CT molecular complexity index is 962. The van der Waals surface area contributed by atoms with Gasteiger partial charge in [-0.2, -0.15) is 0 Å². The van der Waals surface area contributed by atoms with Crippen molar-refractivity contribution in [2.75, 3.05) is 0 Å². The zero-order valence-electron chi connectivity index (χ0n) is 13.7. The molecule has 3 N–H and O–H groups in total. The Labute approximate surface area is 162 Å². The predicted molar refractivity (Wildman–Crippen MR) is 92.4 cm³/mol. The molecule has 2 aromatic carbocycles. The lowest BCUT2D eigenvalue weighted by Gasteiger charge is -2.04. The van der Waals surface area contributed by atoms with Gasteiger partial charge in [-0.25, -0.2) is 8.42 Å². The van der Waals surface area contributed by atoms with Gasteiger partial charge < -0.3 is 22.6 Å². The van der Waals surface area contributed by atoms with Crippen molar-refractivity contribution in [3.63, 3.8) is 0 Å². The summed E-state index contributed by atoms with van der Waals surface area (Å²) in [6.45, 7) is 0. The van der Waals surface area contributed by atoms with Crippen LogP contribution in [0.25, 0.3) is 0 Å². The molecule has 0 fully saturated rings. The van der Waals surface area contributed by atoms with E-state index in [9.17, 15) is 8.42 Å². The molecule has 1 aromatic heterocycles. The van der Waals surface area contributed by atoms with Gasteiger partial charge in [0.1, 0.15) is 0 Å². The van der Waals surface area contributed by atoms with Crippen LogP contribution in [0.2, 0.25) is 5.02 Å². The molecule has 0 spiro atoms. The van der Waals surface area contributed by atoms with Crippen LogP contribution in [0.1, 0.15) is 23.1 Å². The Balaban J connectivity index is 0.00000243. The SMILES string of the molecule is [Cl-].[NH3+][C@@H](Cc1ccccc1)c1nnc(S(=O)(=O)Cc2cccc(Cl)c2)o1. The lowest BCUT2D eigenvalue weighted by molar-refractivity contribution is -0.431. The second-order valence-corrected chi connectivity index (χ2v) is 7.99. The minimum absolute atomic E-state index is 0. The topological polar surface area (TPSA) is 101 Å². The smallest absolute Gasteiger partial charge is 0.336 e. The minimum atomic E-state index is -3.74. The molecule has 9 heteroatoms. The molecule has 3 rings (SSSR count). The molecule has 0 aliphatic rings. The van der Waals surface area contributed by atoms with Crippen molar-refractivity contribution >= 4 is 21.4 Å². The number of rotatable bonds is 6. The molecule has 3 aromatic rings. The average Bonchev–Trinajstić information content (AvgIpc) is 3.06. The van der Waals surface area contributed by atoms with E-state index in [1.165, 1.54) is 0 Å². The molecule has 6 nitrogen and oxygen atoms in total. The van der Waals surface area contributed by atoms with Crippen LogP contribution in [0.4, 0.5) is 0 Å². The Kier molecular flexibility index (Phi) is 6.77. The number of hydrogen-bond donors (Lipinski definition) is 1. The van der Waals surface area contributed by atoms with Gasteiger partial charge in [0.05, 0.1) is 5.75 Å². The van der Waals surface area contributed by atoms with Crippen molar-refractivity contribution in [1.82, 2.24) is 10.2 Å². The van der Waals surface area contributed by atoms with Crippen LogP contribution in [0.5, 0.6) is 0 Å². The van der Waals surface area contributed by atoms with E-state index in [-0.39, 0.29) is 30.1 Å². The Morgan fingerprint density at radius 3 is 2.42 bits per heavy atom. The molecule has 0 saturated heterocycles. The lowest BCUT2D eigenvalue weighted by atomic mass is 10.1. The van der Waals surface area contributed by atoms with Gasteiger partial charge in [-0.1, -0.05) is 59.2 Å². The predicted octanol–water partition coefficient (Wildman–Crippen LogP) is -0.773. The molecule has 1 heterocycles. The van der Waals surface area contributed by atoms with Gasteiger partial charge in [-0.15, -0.1) is 5.10 Å². The maximum atomic E-state index is 12.4. The summed E-state index contributed by atoms with van der Waals surface area (Å²) in [6, 6.07) is 16.0. The fourth-order valence-corrected chi connectivity index (χ4v) is 3.74. The molecule has 0 amide bonds. The van der Waals surface area contributed by atoms with E-state index in [1.54, 1.807) is 24.3 Å². The highest BCUT2D eigenvalue weighted by molar-refractivity contribution is 7.90. The van der Waals surface area contributed by atoms with Gasteiger partial charge in [0.15, 0.2) is 6.04 Å². The standard InChI is InChI=1S/C17H16ClN3O3S.ClH/c18-14-8-4-7-13(9-14)11-25(22,23)17-21-20-16(24-17)15(19)10-12-5-2-1-3-6-12;/h1-9,15H,10-11,19H2;1H/t15-;/m0./s1. The zero-order chi connectivity index (χ0) is 17.9. The third-order valence-electron chi connectivity index (χ3n) is 3.61. The number of aromatic nitrogens is 2. The van der Waals surface area contributed by atoms with Gasteiger partial charge in [0, 0.05) is 11.4 Å². The fraction of sp³-hybridized carbons (Fsp3) is 0.176. The highest BCUT2D eigenvalue weighted by Gasteiger charge is 2.26. The van der Waals surface area contributed by atoms with Crippen LogP contribution in [0, 0.1) is 0 Å².